The Hall–Kier alpha value is -1.66. The van der Waals surface area contributed by atoms with Crippen molar-refractivity contribution in [2.45, 2.75) is 32.9 Å². The van der Waals surface area contributed by atoms with E-state index in [1.165, 1.54) is 0 Å². The lowest BCUT2D eigenvalue weighted by Gasteiger charge is -2.18. The van der Waals surface area contributed by atoms with Gasteiger partial charge in [0.05, 0.1) is 6.61 Å². The van der Waals surface area contributed by atoms with Crippen LogP contribution in [0.5, 0.6) is 0 Å². The number of aliphatic hydroxyl groups excluding tert-OH is 1. The summed E-state index contributed by atoms with van der Waals surface area (Å²) in [5, 5.41) is 24.1. The molecule has 0 fully saturated rings. The molecule has 6 nitrogen and oxygen atoms in total. The number of aliphatic hydroxyl groups is 1. The van der Waals surface area contributed by atoms with Crippen LogP contribution in [0.4, 0.5) is 0 Å². The van der Waals surface area contributed by atoms with Crippen molar-refractivity contribution in [3.8, 4) is 0 Å². The molecule has 5 N–H and O–H groups in total. The average molecular weight is 266 g/mol. The summed E-state index contributed by atoms with van der Waals surface area (Å²) in [6, 6.07) is 3.68. The fraction of sp³-hybridized carbons (Fsp3) is 0.538. The Labute approximate surface area is 113 Å². The second-order valence-corrected chi connectivity index (χ2v) is 4.92. The van der Waals surface area contributed by atoms with E-state index in [1.54, 1.807) is 12.3 Å². The molecule has 0 bridgehead atoms. The number of aromatic nitrogens is 1. The summed E-state index contributed by atoms with van der Waals surface area (Å²) in [5.74, 6) is 0.512. The molecule has 0 aliphatic carbocycles. The van der Waals surface area contributed by atoms with Crippen LogP contribution in [0.25, 0.3) is 0 Å². The van der Waals surface area contributed by atoms with Crippen LogP contribution in [-0.4, -0.2) is 33.8 Å². The van der Waals surface area contributed by atoms with Crippen LogP contribution < -0.4 is 11.1 Å². The fourth-order valence-electron chi connectivity index (χ4n) is 1.83. The van der Waals surface area contributed by atoms with Gasteiger partial charge in [0.15, 0.2) is 5.84 Å². The predicted octanol–water partition coefficient (Wildman–Crippen LogP) is 0.673. The minimum absolute atomic E-state index is 0.0114. The highest BCUT2D eigenvalue weighted by molar-refractivity contribution is 5.95. The lowest BCUT2D eigenvalue weighted by Crippen LogP contribution is -2.33. The van der Waals surface area contributed by atoms with Crippen molar-refractivity contribution < 1.29 is 10.3 Å². The molecular formula is C13H22N4O2. The third-order valence-electron chi connectivity index (χ3n) is 2.77. The molecule has 0 saturated carbocycles. The van der Waals surface area contributed by atoms with Gasteiger partial charge in [-0.15, -0.1) is 0 Å². The van der Waals surface area contributed by atoms with Gasteiger partial charge in [-0.25, -0.2) is 0 Å². The number of nitrogens with two attached hydrogens (primary N) is 1. The predicted molar refractivity (Wildman–Crippen MR) is 73.9 cm³/mol. The summed E-state index contributed by atoms with van der Waals surface area (Å²) in [7, 11) is 0. The largest absolute Gasteiger partial charge is 0.409 e. The first kappa shape index (κ1) is 15.4. The van der Waals surface area contributed by atoms with Crippen molar-refractivity contribution in [2.75, 3.05) is 6.61 Å². The Morgan fingerprint density at radius 3 is 2.84 bits per heavy atom. The topological polar surface area (TPSA) is 104 Å². The molecule has 1 rings (SSSR count). The van der Waals surface area contributed by atoms with Crippen LogP contribution >= 0.6 is 0 Å². The van der Waals surface area contributed by atoms with Crippen LogP contribution in [0.2, 0.25) is 0 Å². The molecule has 0 saturated heterocycles. The van der Waals surface area contributed by atoms with Gasteiger partial charge in [-0.3, -0.25) is 4.98 Å². The van der Waals surface area contributed by atoms with Crippen LogP contribution in [0.1, 0.15) is 31.5 Å². The number of nitrogens with one attached hydrogen (secondary N) is 1. The minimum Gasteiger partial charge on any atom is -0.409 e. The van der Waals surface area contributed by atoms with E-state index in [4.69, 9.17) is 10.9 Å². The first-order valence-corrected chi connectivity index (χ1v) is 6.33. The summed E-state index contributed by atoms with van der Waals surface area (Å²) in [6.07, 6.45) is 2.52. The van der Waals surface area contributed by atoms with Gasteiger partial charge in [-0.05, 0) is 30.0 Å². The lowest BCUT2D eigenvalue weighted by molar-refractivity contribution is 0.223. The third kappa shape index (κ3) is 5.23. The summed E-state index contributed by atoms with van der Waals surface area (Å²) in [6.45, 7) is 4.95. The van der Waals surface area contributed by atoms with Crippen LogP contribution in [-0.2, 0) is 6.54 Å². The molecule has 1 atom stereocenters. The first-order valence-electron chi connectivity index (χ1n) is 6.33. The van der Waals surface area contributed by atoms with Crippen molar-refractivity contribution in [2.24, 2.45) is 16.8 Å². The molecule has 0 radical (unpaired) electrons. The number of hydrogen-bond donors (Lipinski definition) is 4. The van der Waals surface area contributed by atoms with E-state index in [0.717, 1.165) is 12.0 Å². The number of oxime groups is 1. The first-order chi connectivity index (χ1) is 9.06. The van der Waals surface area contributed by atoms with Crippen molar-refractivity contribution in [1.29, 1.82) is 0 Å². The highest BCUT2D eigenvalue weighted by Gasteiger charge is 2.09. The molecule has 1 heterocycles. The van der Waals surface area contributed by atoms with E-state index in [1.807, 2.05) is 6.07 Å². The van der Waals surface area contributed by atoms with Crippen LogP contribution in [0.3, 0.4) is 0 Å². The van der Waals surface area contributed by atoms with Gasteiger partial charge in [-0.1, -0.05) is 19.0 Å². The van der Waals surface area contributed by atoms with Gasteiger partial charge in [-0.2, -0.15) is 0 Å². The normalized spacial score (nSPS) is 13.8. The SMILES string of the molecule is CC(C)CC(CO)NCc1ccnc(C(N)=NO)c1. The molecule has 19 heavy (non-hydrogen) atoms. The van der Waals surface area contributed by atoms with Gasteiger partial charge in [0.2, 0.25) is 0 Å². The quantitative estimate of drug-likeness (QED) is 0.251. The highest BCUT2D eigenvalue weighted by Crippen LogP contribution is 2.06. The van der Waals surface area contributed by atoms with Crippen LogP contribution in [0, 0.1) is 5.92 Å². The van der Waals surface area contributed by atoms with E-state index in [9.17, 15) is 5.11 Å². The Bertz CT molecular complexity index is 421. The summed E-state index contributed by atoms with van der Waals surface area (Å²) in [4.78, 5) is 4.01. The van der Waals surface area contributed by atoms with E-state index in [2.05, 4.69) is 29.3 Å². The monoisotopic (exact) mass is 266 g/mol. The number of rotatable bonds is 7. The van der Waals surface area contributed by atoms with Gasteiger partial charge in [0, 0.05) is 18.8 Å². The third-order valence-corrected chi connectivity index (χ3v) is 2.77. The molecule has 1 unspecified atom stereocenters. The molecule has 106 valence electrons. The fourth-order valence-corrected chi connectivity index (χ4v) is 1.83. The Morgan fingerprint density at radius 2 is 2.26 bits per heavy atom. The Balaban J connectivity index is 2.62. The highest BCUT2D eigenvalue weighted by atomic mass is 16.4. The number of amidine groups is 1. The molecule has 0 aliphatic heterocycles. The number of nitrogens with zero attached hydrogens (tertiary/aromatic N) is 2. The maximum Gasteiger partial charge on any atom is 0.188 e. The van der Waals surface area contributed by atoms with Crippen molar-refractivity contribution in [1.82, 2.24) is 10.3 Å². The second kappa shape index (κ2) is 7.70. The maximum absolute atomic E-state index is 9.29. The number of hydrogen-bond acceptors (Lipinski definition) is 5. The Kier molecular flexibility index (Phi) is 6.24. The Morgan fingerprint density at radius 1 is 1.53 bits per heavy atom. The summed E-state index contributed by atoms with van der Waals surface area (Å²) >= 11 is 0. The van der Waals surface area contributed by atoms with E-state index >= 15 is 0 Å². The van der Waals surface area contributed by atoms with E-state index in [-0.39, 0.29) is 18.5 Å². The molecule has 1 aromatic heterocycles. The zero-order valence-electron chi connectivity index (χ0n) is 11.4. The average Bonchev–Trinajstić information content (AvgIpc) is 2.42. The van der Waals surface area contributed by atoms with Gasteiger partial charge >= 0.3 is 0 Å². The second-order valence-electron chi connectivity index (χ2n) is 4.92. The molecule has 0 amide bonds. The molecule has 1 aromatic rings. The molecule has 0 aliphatic rings. The molecule has 6 heteroatoms. The van der Waals surface area contributed by atoms with Crippen molar-refractivity contribution in [3.63, 3.8) is 0 Å². The van der Waals surface area contributed by atoms with Gasteiger partial charge in [0.25, 0.3) is 0 Å². The van der Waals surface area contributed by atoms with E-state index in [0.29, 0.717) is 18.2 Å². The molecular weight excluding hydrogens is 244 g/mol. The van der Waals surface area contributed by atoms with E-state index < -0.39 is 0 Å². The van der Waals surface area contributed by atoms with Crippen molar-refractivity contribution in [3.05, 3.63) is 29.6 Å². The maximum atomic E-state index is 9.29. The van der Waals surface area contributed by atoms with Gasteiger partial charge < -0.3 is 21.4 Å². The van der Waals surface area contributed by atoms with Crippen LogP contribution in [0.15, 0.2) is 23.5 Å². The smallest absolute Gasteiger partial charge is 0.188 e. The van der Waals surface area contributed by atoms with Crippen molar-refractivity contribution >= 4 is 5.84 Å². The van der Waals surface area contributed by atoms with Gasteiger partial charge in [0.1, 0.15) is 5.69 Å². The molecule has 0 aromatic carbocycles. The summed E-state index contributed by atoms with van der Waals surface area (Å²) < 4.78 is 0. The molecule has 0 spiro atoms. The number of pyridine rings is 1. The zero-order valence-corrected chi connectivity index (χ0v) is 11.4. The zero-order chi connectivity index (χ0) is 14.3. The summed E-state index contributed by atoms with van der Waals surface area (Å²) in [5.41, 5.74) is 6.90. The standard InChI is InChI=1S/C13H22N4O2/c1-9(2)5-11(8-18)16-7-10-3-4-15-12(6-10)13(14)17-19/h3-4,6,9,11,16,18-19H,5,7-8H2,1-2H3,(H2,14,17). The minimum atomic E-state index is -0.0114. The lowest BCUT2D eigenvalue weighted by atomic mass is 10.0.